The van der Waals surface area contributed by atoms with Gasteiger partial charge in [-0.1, -0.05) is 24.6 Å². The number of benzene rings is 1. The number of amides is 1. The predicted molar refractivity (Wildman–Crippen MR) is 66.3 cm³/mol. The fourth-order valence-corrected chi connectivity index (χ4v) is 2.16. The highest BCUT2D eigenvalue weighted by atomic mass is 35.5. The van der Waals surface area contributed by atoms with Crippen LogP contribution in [0.5, 0.6) is 0 Å². The van der Waals surface area contributed by atoms with Crippen molar-refractivity contribution in [2.45, 2.75) is 19.8 Å². The van der Waals surface area contributed by atoms with Crippen LogP contribution in [0.4, 0.5) is 0 Å². The molecule has 1 heterocycles. The van der Waals surface area contributed by atoms with Crippen LogP contribution >= 0.6 is 11.6 Å². The zero-order valence-corrected chi connectivity index (χ0v) is 10.2. The number of rotatable bonds is 0. The van der Waals surface area contributed by atoms with Gasteiger partial charge in [-0.3, -0.25) is 4.79 Å². The van der Waals surface area contributed by atoms with Gasteiger partial charge in [0, 0.05) is 24.7 Å². The van der Waals surface area contributed by atoms with Crippen molar-refractivity contribution < 1.29 is 4.79 Å². The van der Waals surface area contributed by atoms with Gasteiger partial charge in [0.15, 0.2) is 0 Å². The van der Waals surface area contributed by atoms with Gasteiger partial charge in [0.2, 0.25) is 5.91 Å². The zero-order chi connectivity index (χ0) is 11.7. The van der Waals surface area contributed by atoms with Crippen LogP contribution in [0, 0.1) is 0 Å². The maximum atomic E-state index is 11.4. The molecular weight excluding hydrogens is 222 g/mol. The van der Waals surface area contributed by atoms with E-state index in [1.165, 1.54) is 5.56 Å². The van der Waals surface area contributed by atoms with Crippen LogP contribution in [-0.4, -0.2) is 17.4 Å². The smallest absolute Gasteiger partial charge is 0.223 e. The number of fused-ring (bicyclic) bond motifs is 1. The van der Waals surface area contributed by atoms with Gasteiger partial charge in [0.1, 0.15) is 0 Å². The first-order valence-corrected chi connectivity index (χ1v) is 5.70. The van der Waals surface area contributed by atoms with Gasteiger partial charge in [-0.25, -0.2) is 0 Å². The molecule has 84 valence electrons. The van der Waals surface area contributed by atoms with Crippen molar-refractivity contribution in [1.82, 2.24) is 4.90 Å². The molecule has 0 aromatic heterocycles. The monoisotopic (exact) mass is 235 g/mol. The molecule has 2 rings (SSSR count). The predicted octanol–water partition coefficient (Wildman–Crippen LogP) is 3.28. The molecule has 0 radical (unpaired) electrons. The van der Waals surface area contributed by atoms with Crippen molar-refractivity contribution in [3.63, 3.8) is 0 Å². The first-order valence-electron chi connectivity index (χ1n) is 5.33. The number of carbonyl (C=O) groups is 1. The number of hydrogen-bond donors (Lipinski definition) is 0. The summed E-state index contributed by atoms with van der Waals surface area (Å²) in [7, 11) is 0. The number of hydrogen-bond acceptors (Lipinski definition) is 1. The average Bonchev–Trinajstić information content (AvgIpc) is 2.39. The summed E-state index contributed by atoms with van der Waals surface area (Å²) in [4.78, 5) is 13.1. The third kappa shape index (κ3) is 2.12. The van der Waals surface area contributed by atoms with E-state index < -0.39 is 0 Å². The molecule has 1 aliphatic rings. The Morgan fingerprint density at radius 1 is 1.50 bits per heavy atom. The summed E-state index contributed by atoms with van der Waals surface area (Å²) in [5.41, 5.74) is 2.34. The molecule has 0 bridgehead atoms. The summed E-state index contributed by atoms with van der Waals surface area (Å²) in [6, 6.07) is 5.85. The van der Waals surface area contributed by atoms with Gasteiger partial charge in [-0.15, -0.1) is 0 Å². The van der Waals surface area contributed by atoms with Crippen LogP contribution in [0.2, 0.25) is 5.02 Å². The van der Waals surface area contributed by atoms with E-state index in [0.717, 1.165) is 10.6 Å². The summed E-state index contributed by atoms with van der Waals surface area (Å²) < 4.78 is 0. The number of halogens is 1. The standard InChI is InChI=1S/C13H14ClNO/c1-9-8-15(10(2)16)6-5-11-3-4-12(14)7-13(9)11/h3-7,9H,8H2,1-2H3. The van der Waals surface area contributed by atoms with E-state index in [-0.39, 0.29) is 5.91 Å². The highest BCUT2D eigenvalue weighted by Crippen LogP contribution is 2.28. The average molecular weight is 236 g/mol. The van der Waals surface area contributed by atoms with E-state index in [2.05, 4.69) is 6.92 Å². The Hall–Kier alpha value is -1.28. The van der Waals surface area contributed by atoms with E-state index in [4.69, 9.17) is 11.6 Å². The summed E-state index contributed by atoms with van der Waals surface area (Å²) >= 11 is 5.99. The molecule has 16 heavy (non-hydrogen) atoms. The minimum absolute atomic E-state index is 0.0713. The molecule has 1 aromatic carbocycles. The zero-order valence-electron chi connectivity index (χ0n) is 9.40. The van der Waals surface area contributed by atoms with Gasteiger partial charge in [0.25, 0.3) is 0 Å². The van der Waals surface area contributed by atoms with E-state index in [0.29, 0.717) is 12.5 Å². The maximum absolute atomic E-state index is 11.4. The van der Waals surface area contributed by atoms with E-state index >= 15 is 0 Å². The van der Waals surface area contributed by atoms with Crippen molar-refractivity contribution in [3.8, 4) is 0 Å². The third-order valence-corrected chi connectivity index (χ3v) is 3.12. The molecule has 3 heteroatoms. The lowest BCUT2D eigenvalue weighted by atomic mass is 9.96. The first-order chi connectivity index (χ1) is 7.58. The highest BCUT2D eigenvalue weighted by Gasteiger charge is 2.18. The molecule has 2 nitrogen and oxygen atoms in total. The molecule has 0 saturated heterocycles. The lowest BCUT2D eigenvalue weighted by molar-refractivity contribution is -0.126. The van der Waals surface area contributed by atoms with Gasteiger partial charge >= 0.3 is 0 Å². The van der Waals surface area contributed by atoms with Crippen LogP contribution in [-0.2, 0) is 4.79 Å². The summed E-state index contributed by atoms with van der Waals surface area (Å²) in [5, 5.41) is 0.746. The molecule has 1 unspecified atom stereocenters. The van der Waals surface area contributed by atoms with Gasteiger partial charge < -0.3 is 4.90 Å². The SMILES string of the molecule is CC(=O)N1C=Cc2ccc(Cl)cc2C(C)C1. The Labute approximate surface area is 101 Å². The lowest BCUT2D eigenvalue weighted by Crippen LogP contribution is -2.26. The first kappa shape index (κ1) is 11.2. The Balaban J connectivity index is 2.41. The minimum Gasteiger partial charge on any atom is -0.319 e. The Morgan fingerprint density at radius 2 is 2.25 bits per heavy atom. The quantitative estimate of drug-likeness (QED) is 0.676. The lowest BCUT2D eigenvalue weighted by Gasteiger charge is -2.19. The van der Waals surface area contributed by atoms with Crippen LogP contribution < -0.4 is 0 Å². The van der Waals surface area contributed by atoms with Crippen LogP contribution in [0.15, 0.2) is 24.4 Å². The second-order valence-electron chi connectivity index (χ2n) is 4.16. The largest absolute Gasteiger partial charge is 0.319 e. The van der Waals surface area contributed by atoms with Crippen molar-refractivity contribution in [3.05, 3.63) is 40.5 Å². The topological polar surface area (TPSA) is 20.3 Å². The van der Waals surface area contributed by atoms with Crippen LogP contribution in [0.25, 0.3) is 6.08 Å². The van der Waals surface area contributed by atoms with Crippen molar-refractivity contribution in [1.29, 1.82) is 0 Å². The van der Waals surface area contributed by atoms with E-state index in [1.54, 1.807) is 11.8 Å². The second kappa shape index (κ2) is 4.30. The van der Waals surface area contributed by atoms with Crippen LogP contribution in [0.1, 0.15) is 30.9 Å². The molecule has 1 amide bonds. The normalized spacial score (nSPS) is 19.2. The fourth-order valence-electron chi connectivity index (χ4n) is 1.98. The van der Waals surface area contributed by atoms with Gasteiger partial charge in [-0.05, 0) is 35.3 Å². The molecule has 0 spiro atoms. The molecular formula is C13H14ClNO. The van der Waals surface area contributed by atoms with E-state index in [9.17, 15) is 4.79 Å². The maximum Gasteiger partial charge on any atom is 0.223 e. The summed E-state index contributed by atoms with van der Waals surface area (Å²) in [5.74, 6) is 0.370. The summed E-state index contributed by atoms with van der Waals surface area (Å²) in [6.45, 7) is 4.40. The van der Waals surface area contributed by atoms with Crippen molar-refractivity contribution in [2.75, 3.05) is 6.54 Å². The molecule has 0 N–H and O–H groups in total. The Kier molecular flexibility index (Phi) is 3.01. The highest BCUT2D eigenvalue weighted by molar-refractivity contribution is 6.30. The van der Waals surface area contributed by atoms with Crippen molar-refractivity contribution >= 4 is 23.6 Å². The number of nitrogens with zero attached hydrogens (tertiary/aromatic N) is 1. The molecule has 0 aliphatic carbocycles. The molecule has 1 aliphatic heterocycles. The van der Waals surface area contributed by atoms with Crippen molar-refractivity contribution in [2.24, 2.45) is 0 Å². The Morgan fingerprint density at radius 3 is 2.94 bits per heavy atom. The molecule has 0 saturated carbocycles. The fraction of sp³-hybridized carbons (Fsp3) is 0.308. The van der Waals surface area contributed by atoms with Gasteiger partial charge in [-0.2, -0.15) is 0 Å². The molecule has 1 atom stereocenters. The number of carbonyl (C=O) groups excluding carboxylic acids is 1. The molecule has 1 aromatic rings. The third-order valence-electron chi connectivity index (χ3n) is 2.89. The van der Waals surface area contributed by atoms with E-state index in [1.807, 2.05) is 30.5 Å². The second-order valence-corrected chi connectivity index (χ2v) is 4.60. The molecule has 0 fully saturated rings. The minimum atomic E-state index is 0.0713. The van der Waals surface area contributed by atoms with Crippen LogP contribution in [0.3, 0.4) is 0 Å². The summed E-state index contributed by atoms with van der Waals surface area (Å²) in [6.07, 6.45) is 3.81. The Bertz CT molecular complexity index is 453. The van der Waals surface area contributed by atoms with Gasteiger partial charge in [0.05, 0.1) is 0 Å².